The highest BCUT2D eigenvalue weighted by atomic mass is 19.4. The van der Waals surface area contributed by atoms with E-state index in [2.05, 4.69) is 20.2 Å². The quantitative estimate of drug-likeness (QED) is 0.401. The Kier molecular flexibility index (Phi) is 6.05. The van der Waals surface area contributed by atoms with Gasteiger partial charge >= 0.3 is 6.18 Å². The molecule has 0 bridgehead atoms. The SMILES string of the molecule is OCC(Nc1nc(-c2cc(-c3ccon3)n(Cc3ccccc3F)n2)ncc1F)C(F)(F)F. The average Bonchev–Trinajstić information content (AvgIpc) is 3.44. The van der Waals surface area contributed by atoms with Gasteiger partial charge in [-0.15, -0.1) is 0 Å². The number of nitrogens with one attached hydrogen (secondary N) is 1. The first kappa shape index (κ1) is 22.3. The molecule has 4 rings (SSSR count). The maximum Gasteiger partial charge on any atom is 0.410 e. The Balaban J connectivity index is 1.73. The van der Waals surface area contributed by atoms with Crippen LogP contribution in [0, 0.1) is 11.6 Å². The second kappa shape index (κ2) is 8.94. The molecule has 3 aromatic heterocycles. The zero-order chi connectivity index (χ0) is 23.6. The Morgan fingerprint density at radius 1 is 1.09 bits per heavy atom. The number of aliphatic hydroxyl groups is 1. The zero-order valence-corrected chi connectivity index (χ0v) is 16.6. The Hall–Kier alpha value is -3.87. The highest BCUT2D eigenvalue weighted by molar-refractivity contribution is 5.63. The summed E-state index contributed by atoms with van der Waals surface area (Å²) in [7, 11) is 0. The monoisotopic (exact) mass is 466 g/mol. The lowest BCUT2D eigenvalue weighted by atomic mass is 10.2. The van der Waals surface area contributed by atoms with Crippen LogP contribution in [0.5, 0.6) is 0 Å². The van der Waals surface area contributed by atoms with Crippen LogP contribution in [0.2, 0.25) is 0 Å². The van der Waals surface area contributed by atoms with Crippen LogP contribution in [0.3, 0.4) is 0 Å². The highest BCUT2D eigenvalue weighted by Crippen LogP contribution is 2.27. The number of anilines is 1. The second-order valence-corrected chi connectivity index (χ2v) is 6.86. The third kappa shape index (κ3) is 4.82. The number of aromatic nitrogens is 5. The maximum absolute atomic E-state index is 14.2. The smallest absolute Gasteiger partial charge is 0.394 e. The van der Waals surface area contributed by atoms with Gasteiger partial charge in [0.2, 0.25) is 0 Å². The first-order valence-corrected chi connectivity index (χ1v) is 9.45. The fourth-order valence-corrected chi connectivity index (χ4v) is 2.97. The lowest BCUT2D eigenvalue weighted by molar-refractivity contribution is -0.149. The Morgan fingerprint density at radius 2 is 1.88 bits per heavy atom. The van der Waals surface area contributed by atoms with Crippen LogP contribution in [0.1, 0.15) is 5.56 Å². The van der Waals surface area contributed by atoms with E-state index >= 15 is 0 Å². The molecule has 2 N–H and O–H groups in total. The predicted octanol–water partition coefficient (Wildman–Crippen LogP) is 3.66. The van der Waals surface area contributed by atoms with Gasteiger partial charge in [0.1, 0.15) is 29.5 Å². The first-order chi connectivity index (χ1) is 15.8. The molecule has 0 aliphatic carbocycles. The van der Waals surface area contributed by atoms with E-state index in [-0.39, 0.29) is 18.1 Å². The normalized spacial score (nSPS) is 12.7. The van der Waals surface area contributed by atoms with Gasteiger partial charge in [-0.05, 0) is 12.1 Å². The Labute approximate surface area is 182 Å². The lowest BCUT2D eigenvalue weighted by Crippen LogP contribution is -2.39. The summed E-state index contributed by atoms with van der Waals surface area (Å²) in [6.45, 7) is -1.34. The molecule has 172 valence electrons. The molecule has 33 heavy (non-hydrogen) atoms. The third-order valence-electron chi connectivity index (χ3n) is 4.62. The van der Waals surface area contributed by atoms with E-state index < -0.39 is 36.3 Å². The molecule has 0 radical (unpaired) electrons. The molecule has 1 atom stereocenters. The standard InChI is InChI=1S/C20H15F5N6O2/c21-12-4-2-1-3-11(12)9-31-16(14-5-6-33-30-14)7-15(29-31)19-26-8-13(22)18(28-19)27-17(10-32)20(23,24)25/h1-8,17,32H,9-10H2,(H,26,27,28). The number of hydrogen-bond donors (Lipinski definition) is 2. The van der Waals surface area contributed by atoms with Crippen molar-refractivity contribution in [1.29, 1.82) is 0 Å². The number of rotatable bonds is 7. The van der Waals surface area contributed by atoms with Crippen molar-refractivity contribution < 1.29 is 31.6 Å². The van der Waals surface area contributed by atoms with Crippen LogP contribution in [-0.2, 0) is 6.54 Å². The zero-order valence-electron chi connectivity index (χ0n) is 16.6. The van der Waals surface area contributed by atoms with E-state index in [1.807, 2.05) is 5.32 Å². The summed E-state index contributed by atoms with van der Waals surface area (Å²) in [5, 5.41) is 19.0. The van der Waals surface area contributed by atoms with Gasteiger partial charge in [-0.25, -0.2) is 18.7 Å². The van der Waals surface area contributed by atoms with Gasteiger partial charge in [0.05, 0.1) is 25.0 Å². The van der Waals surface area contributed by atoms with E-state index in [1.54, 1.807) is 12.1 Å². The molecule has 0 fully saturated rings. The summed E-state index contributed by atoms with van der Waals surface area (Å²) in [4.78, 5) is 7.60. The van der Waals surface area contributed by atoms with Crippen molar-refractivity contribution in [3.63, 3.8) is 0 Å². The molecule has 0 spiro atoms. The molecule has 0 saturated carbocycles. The molecule has 8 nitrogen and oxygen atoms in total. The van der Waals surface area contributed by atoms with Crippen molar-refractivity contribution in [1.82, 2.24) is 24.9 Å². The van der Waals surface area contributed by atoms with Crippen LogP contribution in [-0.4, -0.2) is 48.8 Å². The second-order valence-electron chi connectivity index (χ2n) is 6.86. The summed E-state index contributed by atoms with van der Waals surface area (Å²) in [6, 6.07) is 6.60. The summed E-state index contributed by atoms with van der Waals surface area (Å²) in [5.74, 6) is -2.57. The molecule has 0 saturated heterocycles. The molecule has 1 unspecified atom stereocenters. The number of benzene rings is 1. The van der Waals surface area contributed by atoms with Gasteiger partial charge in [0.25, 0.3) is 0 Å². The van der Waals surface area contributed by atoms with E-state index in [4.69, 9.17) is 9.63 Å². The van der Waals surface area contributed by atoms with E-state index in [0.717, 1.165) is 0 Å². The molecule has 4 aromatic rings. The van der Waals surface area contributed by atoms with Gasteiger partial charge in [0.15, 0.2) is 17.5 Å². The van der Waals surface area contributed by atoms with Crippen LogP contribution < -0.4 is 5.32 Å². The molecule has 0 aliphatic heterocycles. The molecular weight excluding hydrogens is 451 g/mol. The van der Waals surface area contributed by atoms with Crippen LogP contribution in [0.4, 0.5) is 27.8 Å². The van der Waals surface area contributed by atoms with Crippen molar-refractivity contribution in [2.75, 3.05) is 11.9 Å². The summed E-state index contributed by atoms with van der Waals surface area (Å²) in [5.41, 5.74) is 1.12. The van der Waals surface area contributed by atoms with Gasteiger partial charge in [-0.1, -0.05) is 23.4 Å². The molecule has 0 aliphatic rings. The highest BCUT2D eigenvalue weighted by Gasteiger charge is 2.40. The number of alkyl halides is 3. The average molecular weight is 466 g/mol. The summed E-state index contributed by atoms with van der Waals surface area (Å²) < 4.78 is 73.4. The Bertz CT molecular complexity index is 1240. The van der Waals surface area contributed by atoms with Crippen LogP contribution in [0.25, 0.3) is 22.9 Å². The number of halogens is 5. The minimum Gasteiger partial charge on any atom is -0.394 e. The number of hydrogen-bond acceptors (Lipinski definition) is 7. The largest absolute Gasteiger partial charge is 0.410 e. The van der Waals surface area contributed by atoms with Crippen molar-refractivity contribution >= 4 is 5.82 Å². The van der Waals surface area contributed by atoms with Gasteiger partial charge in [0, 0.05) is 11.6 Å². The van der Waals surface area contributed by atoms with Crippen molar-refractivity contribution in [3.8, 4) is 22.9 Å². The topological polar surface area (TPSA) is 102 Å². The van der Waals surface area contributed by atoms with E-state index in [1.165, 1.54) is 35.2 Å². The van der Waals surface area contributed by atoms with Gasteiger partial charge in [-0.3, -0.25) is 4.68 Å². The van der Waals surface area contributed by atoms with Gasteiger partial charge < -0.3 is 14.9 Å². The summed E-state index contributed by atoms with van der Waals surface area (Å²) >= 11 is 0. The van der Waals surface area contributed by atoms with Crippen LogP contribution >= 0.6 is 0 Å². The fourth-order valence-electron chi connectivity index (χ4n) is 2.97. The minimum absolute atomic E-state index is 0.0121. The van der Waals surface area contributed by atoms with Gasteiger partial charge in [-0.2, -0.15) is 18.3 Å². The molecule has 3 heterocycles. The van der Waals surface area contributed by atoms with Crippen molar-refractivity contribution in [2.24, 2.45) is 0 Å². The molecule has 13 heteroatoms. The van der Waals surface area contributed by atoms with E-state index in [0.29, 0.717) is 23.1 Å². The number of aliphatic hydroxyl groups excluding tert-OH is 1. The number of nitrogens with zero attached hydrogens (tertiary/aromatic N) is 5. The maximum atomic E-state index is 14.2. The molecule has 0 amide bonds. The predicted molar refractivity (Wildman–Crippen MR) is 105 cm³/mol. The Morgan fingerprint density at radius 3 is 2.55 bits per heavy atom. The summed E-state index contributed by atoms with van der Waals surface area (Å²) in [6.07, 6.45) is -2.84. The van der Waals surface area contributed by atoms with Crippen molar-refractivity contribution in [3.05, 3.63) is 66.1 Å². The van der Waals surface area contributed by atoms with Crippen molar-refractivity contribution in [2.45, 2.75) is 18.8 Å². The minimum atomic E-state index is -4.84. The van der Waals surface area contributed by atoms with Crippen LogP contribution in [0.15, 0.2) is 53.4 Å². The molecule has 1 aromatic carbocycles. The first-order valence-electron chi connectivity index (χ1n) is 9.45. The molecular formula is C20H15F5N6O2. The van der Waals surface area contributed by atoms with E-state index in [9.17, 15) is 22.0 Å². The fraction of sp³-hybridized carbons (Fsp3) is 0.200. The third-order valence-corrected chi connectivity index (χ3v) is 4.62. The lowest BCUT2D eigenvalue weighted by Gasteiger charge is -2.20.